The lowest BCUT2D eigenvalue weighted by Gasteiger charge is -2.18. The third-order valence-electron chi connectivity index (χ3n) is 3.64. The molecule has 2 aromatic rings. The predicted molar refractivity (Wildman–Crippen MR) is 97.7 cm³/mol. The van der Waals surface area contributed by atoms with Gasteiger partial charge in [-0.25, -0.2) is 8.42 Å². The molecular formula is C18H20ClNO4S. The summed E-state index contributed by atoms with van der Waals surface area (Å²) in [7, 11) is -3.23. The van der Waals surface area contributed by atoms with E-state index in [2.05, 4.69) is 5.32 Å². The zero-order valence-electron chi connectivity index (χ0n) is 14.0. The molecule has 134 valence electrons. The van der Waals surface area contributed by atoms with Crippen LogP contribution in [0.15, 0.2) is 53.4 Å². The molecule has 5 nitrogen and oxygen atoms in total. The number of halogens is 1. The van der Waals surface area contributed by atoms with E-state index in [0.717, 1.165) is 11.8 Å². The van der Waals surface area contributed by atoms with Crippen LogP contribution in [0.3, 0.4) is 0 Å². The van der Waals surface area contributed by atoms with Gasteiger partial charge >= 0.3 is 0 Å². The fourth-order valence-electron chi connectivity index (χ4n) is 2.28. The molecule has 1 N–H and O–H groups in total. The second-order valence-corrected chi connectivity index (χ2v) is 8.06. The van der Waals surface area contributed by atoms with E-state index in [9.17, 15) is 13.2 Å². The van der Waals surface area contributed by atoms with E-state index < -0.39 is 9.84 Å². The van der Waals surface area contributed by atoms with Gasteiger partial charge in [-0.05, 0) is 48.4 Å². The van der Waals surface area contributed by atoms with E-state index in [1.807, 2.05) is 6.92 Å². The maximum Gasteiger partial charge on any atom is 0.258 e. The van der Waals surface area contributed by atoms with Crippen LogP contribution in [0.25, 0.3) is 0 Å². The van der Waals surface area contributed by atoms with Gasteiger partial charge in [-0.15, -0.1) is 0 Å². The van der Waals surface area contributed by atoms with Crippen LogP contribution in [-0.4, -0.2) is 27.2 Å². The Kier molecular flexibility index (Phi) is 6.45. The third-order valence-corrected chi connectivity index (χ3v) is 5.02. The first-order valence-electron chi connectivity index (χ1n) is 7.77. The van der Waals surface area contributed by atoms with Gasteiger partial charge < -0.3 is 10.1 Å². The number of carbonyl (C=O) groups is 1. The van der Waals surface area contributed by atoms with Crippen molar-refractivity contribution in [2.24, 2.45) is 0 Å². The lowest BCUT2D eigenvalue weighted by Crippen LogP contribution is -2.32. The smallest absolute Gasteiger partial charge is 0.258 e. The van der Waals surface area contributed by atoms with Crippen LogP contribution >= 0.6 is 11.6 Å². The van der Waals surface area contributed by atoms with E-state index in [1.165, 1.54) is 0 Å². The molecule has 0 aliphatic carbocycles. The molecule has 1 atom stereocenters. The van der Waals surface area contributed by atoms with E-state index in [1.54, 1.807) is 48.5 Å². The third kappa shape index (κ3) is 5.76. The number of benzene rings is 2. The molecule has 2 aromatic carbocycles. The molecule has 0 aliphatic rings. The topological polar surface area (TPSA) is 72.5 Å². The summed E-state index contributed by atoms with van der Waals surface area (Å²) in [5, 5.41) is 3.48. The summed E-state index contributed by atoms with van der Waals surface area (Å²) in [5.41, 5.74) is 0.842. The van der Waals surface area contributed by atoms with Crippen molar-refractivity contribution in [3.63, 3.8) is 0 Å². The summed E-state index contributed by atoms with van der Waals surface area (Å²) in [6.45, 7) is 1.83. The molecule has 0 bridgehead atoms. The van der Waals surface area contributed by atoms with Crippen molar-refractivity contribution < 1.29 is 17.9 Å². The zero-order valence-corrected chi connectivity index (χ0v) is 15.6. The molecule has 2 rings (SSSR count). The minimum Gasteiger partial charge on any atom is -0.484 e. The summed E-state index contributed by atoms with van der Waals surface area (Å²) >= 11 is 5.80. The number of ether oxygens (including phenoxy) is 1. The van der Waals surface area contributed by atoms with Gasteiger partial charge in [0.25, 0.3) is 5.91 Å². The number of nitrogens with one attached hydrogen (secondary N) is 1. The zero-order chi connectivity index (χ0) is 18.4. The Labute approximate surface area is 152 Å². The van der Waals surface area contributed by atoms with Crippen LogP contribution in [0.5, 0.6) is 5.75 Å². The highest BCUT2D eigenvalue weighted by Crippen LogP contribution is 2.19. The Balaban J connectivity index is 1.96. The first kappa shape index (κ1) is 19.3. The Morgan fingerprint density at radius 1 is 1.12 bits per heavy atom. The van der Waals surface area contributed by atoms with Crippen LogP contribution in [0.1, 0.15) is 24.9 Å². The minimum absolute atomic E-state index is 0.112. The van der Waals surface area contributed by atoms with Crippen molar-refractivity contribution in [2.45, 2.75) is 24.3 Å². The van der Waals surface area contributed by atoms with Gasteiger partial charge in [-0.2, -0.15) is 0 Å². The first-order chi connectivity index (χ1) is 11.8. The lowest BCUT2D eigenvalue weighted by atomic mass is 10.0. The Bertz CT molecular complexity index is 817. The van der Waals surface area contributed by atoms with Gasteiger partial charge in [0.05, 0.1) is 10.9 Å². The number of amides is 1. The van der Waals surface area contributed by atoms with Crippen LogP contribution in [-0.2, 0) is 14.6 Å². The van der Waals surface area contributed by atoms with Gasteiger partial charge in [0.2, 0.25) is 0 Å². The summed E-state index contributed by atoms with van der Waals surface area (Å²) in [5.74, 6) is 0.305. The Morgan fingerprint density at radius 2 is 1.72 bits per heavy atom. The van der Waals surface area contributed by atoms with Crippen molar-refractivity contribution in [3.05, 3.63) is 59.1 Å². The van der Waals surface area contributed by atoms with Crippen molar-refractivity contribution in [1.82, 2.24) is 5.32 Å². The molecule has 0 spiro atoms. The highest BCUT2D eigenvalue weighted by atomic mass is 35.5. The molecule has 7 heteroatoms. The predicted octanol–water partition coefficient (Wildman–Crippen LogP) is 3.39. The molecule has 0 radical (unpaired) electrons. The van der Waals surface area contributed by atoms with Crippen molar-refractivity contribution >= 4 is 27.3 Å². The van der Waals surface area contributed by atoms with Crippen molar-refractivity contribution in [2.75, 3.05) is 12.9 Å². The summed E-state index contributed by atoms with van der Waals surface area (Å²) < 4.78 is 28.4. The largest absolute Gasteiger partial charge is 0.484 e. The molecule has 0 heterocycles. The average molecular weight is 382 g/mol. The fourth-order valence-corrected chi connectivity index (χ4v) is 3.04. The second-order valence-electron chi connectivity index (χ2n) is 5.61. The van der Waals surface area contributed by atoms with Gasteiger partial charge in [0, 0.05) is 11.3 Å². The Hall–Kier alpha value is -2.05. The van der Waals surface area contributed by atoms with E-state index in [-0.39, 0.29) is 23.5 Å². The molecule has 0 aliphatic heterocycles. The molecule has 0 aromatic heterocycles. The first-order valence-corrected chi connectivity index (χ1v) is 10.0. The summed E-state index contributed by atoms with van der Waals surface area (Å²) in [4.78, 5) is 12.3. The van der Waals surface area contributed by atoms with Crippen LogP contribution < -0.4 is 10.1 Å². The maximum absolute atomic E-state index is 12.1. The van der Waals surface area contributed by atoms with Gasteiger partial charge in [-0.1, -0.05) is 30.7 Å². The van der Waals surface area contributed by atoms with Crippen LogP contribution in [0.4, 0.5) is 0 Å². The van der Waals surface area contributed by atoms with Crippen LogP contribution in [0.2, 0.25) is 5.02 Å². The van der Waals surface area contributed by atoms with Crippen LogP contribution in [0, 0.1) is 0 Å². The van der Waals surface area contributed by atoms with Crippen molar-refractivity contribution in [3.8, 4) is 5.75 Å². The minimum atomic E-state index is -3.23. The fraction of sp³-hybridized carbons (Fsp3) is 0.278. The molecule has 0 saturated carbocycles. The monoisotopic (exact) mass is 381 g/mol. The number of hydrogen-bond donors (Lipinski definition) is 1. The maximum atomic E-state index is 12.1. The Morgan fingerprint density at radius 3 is 2.24 bits per heavy atom. The standard InChI is InChI=1S/C18H20ClNO4S/c1-3-17(13-4-10-16(11-5-13)25(2,22)23)20-18(21)12-24-15-8-6-14(19)7-9-15/h4-11,17H,3,12H2,1-2H3,(H,20,21)/t17-/m1/s1. The van der Waals surface area contributed by atoms with E-state index in [4.69, 9.17) is 16.3 Å². The van der Waals surface area contributed by atoms with Gasteiger partial charge in [0.1, 0.15) is 5.75 Å². The molecule has 0 fully saturated rings. The van der Waals surface area contributed by atoms with E-state index >= 15 is 0 Å². The number of carbonyl (C=O) groups excluding carboxylic acids is 1. The number of rotatable bonds is 7. The highest BCUT2D eigenvalue weighted by molar-refractivity contribution is 7.90. The quantitative estimate of drug-likeness (QED) is 0.797. The number of hydrogen-bond acceptors (Lipinski definition) is 4. The summed E-state index contributed by atoms with van der Waals surface area (Å²) in [6.07, 6.45) is 1.83. The van der Waals surface area contributed by atoms with Gasteiger partial charge in [0.15, 0.2) is 16.4 Å². The molecule has 0 saturated heterocycles. The summed E-state index contributed by atoms with van der Waals surface area (Å²) in [6, 6.07) is 13.1. The second kappa shape index (κ2) is 8.36. The average Bonchev–Trinajstić information content (AvgIpc) is 2.58. The lowest BCUT2D eigenvalue weighted by molar-refractivity contribution is -0.123. The molecule has 25 heavy (non-hydrogen) atoms. The van der Waals surface area contributed by atoms with Gasteiger partial charge in [-0.3, -0.25) is 4.79 Å². The normalized spacial score (nSPS) is 12.4. The number of sulfone groups is 1. The molecule has 0 unspecified atom stereocenters. The molecule has 1 amide bonds. The van der Waals surface area contributed by atoms with E-state index in [0.29, 0.717) is 17.2 Å². The highest BCUT2D eigenvalue weighted by Gasteiger charge is 2.14. The SMILES string of the molecule is CC[C@@H](NC(=O)COc1ccc(Cl)cc1)c1ccc(S(C)(=O)=O)cc1. The molecular weight excluding hydrogens is 362 g/mol. The van der Waals surface area contributed by atoms with Crippen molar-refractivity contribution in [1.29, 1.82) is 0 Å².